The Morgan fingerprint density at radius 1 is 1.19 bits per heavy atom. The lowest BCUT2D eigenvalue weighted by Crippen LogP contribution is -2.20. The number of para-hydroxylation sites is 1. The molecule has 2 heterocycles. The molecular weight excluding hydrogens is 348 g/mol. The minimum absolute atomic E-state index is 0.144. The molecule has 7 heteroatoms. The Morgan fingerprint density at radius 2 is 2.04 bits per heavy atom. The van der Waals surface area contributed by atoms with E-state index in [-0.39, 0.29) is 12.5 Å². The zero-order valence-corrected chi connectivity index (χ0v) is 15.1. The normalized spacial score (nSPS) is 11.0. The predicted octanol–water partition coefficient (Wildman–Crippen LogP) is 3.87. The lowest BCUT2D eigenvalue weighted by Gasteiger charge is -2.07. The number of ether oxygens (including phenoxy) is 1. The first-order valence-electron chi connectivity index (χ1n) is 8.10. The second-order valence-electron chi connectivity index (χ2n) is 5.98. The third-order valence-corrected chi connectivity index (χ3v) is 4.84. The summed E-state index contributed by atoms with van der Waals surface area (Å²) in [6.07, 6.45) is 1.42. The van der Waals surface area contributed by atoms with E-state index in [1.54, 1.807) is 0 Å². The van der Waals surface area contributed by atoms with Crippen LogP contribution in [0.2, 0.25) is 0 Å². The van der Waals surface area contributed by atoms with Gasteiger partial charge in [-0.1, -0.05) is 29.5 Å². The van der Waals surface area contributed by atoms with Gasteiger partial charge in [0.05, 0.1) is 21.1 Å². The van der Waals surface area contributed by atoms with Gasteiger partial charge in [-0.25, -0.2) is 15.0 Å². The second kappa shape index (κ2) is 6.68. The van der Waals surface area contributed by atoms with Gasteiger partial charge >= 0.3 is 0 Å². The predicted molar refractivity (Wildman–Crippen MR) is 103 cm³/mol. The number of amides is 1. The van der Waals surface area contributed by atoms with Crippen LogP contribution in [0.3, 0.4) is 0 Å². The summed E-state index contributed by atoms with van der Waals surface area (Å²) >= 11 is 1.45. The van der Waals surface area contributed by atoms with Gasteiger partial charge in [0.15, 0.2) is 11.7 Å². The molecule has 0 bridgehead atoms. The highest BCUT2D eigenvalue weighted by atomic mass is 32.1. The molecule has 130 valence electrons. The molecule has 2 aromatic heterocycles. The molecule has 4 aromatic rings. The monoisotopic (exact) mass is 364 g/mol. The van der Waals surface area contributed by atoms with Gasteiger partial charge in [0.25, 0.3) is 5.91 Å². The van der Waals surface area contributed by atoms with Gasteiger partial charge in [0.2, 0.25) is 5.88 Å². The number of carbonyl (C=O) groups excluding carboxylic acids is 1. The van der Waals surface area contributed by atoms with Crippen molar-refractivity contribution in [3.05, 3.63) is 53.9 Å². The minimum atomic E-state index is -0.277. The Hall–Kier alpha value is -3.06. The van der Waals surface area contributed by atoms with Crippen molar-refractivity contribution in [2.24, 2.45) is 0 Å². The molecule has 6 nitrogen and oxygen atoms in total. The van der Waals surface area contributed by atoms with Crippen LogP contribution in [-0.4, -0.2) is 27.5 Å². The number of nitrogens with one attached hydrogen (secondary N) is 1. The van der Waals surface area contributed by atoms with Crippen molar-refractivity contribution in [1.29, 1.82) is 0 Å². The summed E-state index contributed by atoms with van der Waals surface area (Å²) in [6.45, 7) is 3.92. The van der Waals surface area contributed by atoms with Crippen LogP contribution in [0.4, 0.5) is 5.13 Å². The van der Waals surface area contributed by atoms with Crippen molar-refractivity contribution in [1.82, 2.24) is 15.0 Å². The third kappa shape index (κ3) is 3.21. The fourth-order valence-corrected chi connectivity index (χ4v) is 3.87. The Morgan fingerprint density at radius 3 is 2.92 bits per heavy atom. The molecule has 1 N–H and O–H groups in total. The van der Waals surface area contributed by atoms with E-state index in [4.69, 9.17) is 4.74 Å². The number of aryl methyl sites for hydroxylation is 2. The lowest BCUT2D eigenvalue weighted by atomic mass is 10.1. The molecule has 26 heavy (non-hydrogen) atoms. The molecule has 1 amide bonds. The first kappa shape index (κ1) is 16.4. The Balaban J connectivity index is 1.48. The largest absolute Gasteiger partial charge is 0.467 e. The number of nitrogens with zero attached hydrogens (tertiary/aromatic N) is 3. The summed E-state index contributed by atoms with van der Waals surface area (Å²) in [5, 5.41) is 4.13. The molecule has 4 rings (SSSR count). The fraction of sp³-hybridized carbons (Fsp3) is 0.158. The van der Waals surface area contributed by atoms with Gasteiger partial charge in [0.1, 0.15) is 6.33 Å². The Kier molecular flexibility index (Phi) is 4.22. The number of aromatic nitrogens is 3. The highest BCUT2D eigenvalue weighted by Crippen LogP contribution is 2.29. The van der Waals surface area contributed by atoms with Crippen LogP contribution in [0, 0.1) is 13.8 Å². The smallest absolute Gasteiger partial charge is 0.264 e. The van der Waals surface area contributed by atoms with E-state index in [0.717, 1.165) is 26.7 Å². The molecule has 0 unspecified atom stereocenters. The maximum Gasteiger partial charge on any atom is 0.264 e. The lowest BCUT2D eigenvalue weighted by molar-refractivity contribution is -0.118. The molecular formula is C19H16N4O2S. The van der Waals surface area contributed by atoms with Gasteiger partial charge in [-0.15, -0.1) is 0 Å². The highest BCUT2D eigenvalue weighted by molar-refractivity contribution is 7.22. The Bertz CT molecular complexity index is 1120. The summed E-state index contributed by atoms with van der Waals surface area (Å²) in [5.41, 5.74) is 3.96. The van der Waals surface area contributed by atoms with Gasteiger partial charge < -0.3 is 4.74 Å². The zero-order valence-electron chi connectivity index (χ0n) is 14.3. The molecule has 0 fully saturated rings. The average molecular weight is 364 g/mol. The van der Waals surface area contributed by atoms with Crippen molar-refractivity contribution >= 4 is 43.5 Å². The maximum absolute atomic E-state index is 12.2. The number of hydrogen-bond donors (Lipinski definition) is 1. The topological polar surface area (TPSA) is 77.0 Å². The van der Waals surface area contributed by atoms with Crippen molar-refractivity contribution < 1.29 is 9.53 Å². The van der Waals surface area contributed by atoms with Gasteiger partial charge in [-0.2, -0.15) is 0 Å². The van der Waals surface area contributed by atoms with Gasteiger partial charge in [-0.05, 0) is 43.2 Å². The first-order chi connectivity index (χ1) is 12.6. The number of carbonyl (C=O) groups is 1. The summed E-state index contributed by atoms with van der Waals surface area (Å²) in [5.74, 6) is 0.114. The van der Waals surface area contributed by atoms with E-state index in [2.05, 4.69) is 32.4 Å². The van der Waals surface area contributed by atoms with Crippen LogP contribution in [0.5, 0.6) is 5.88 Å². The maximum atomic E-state index is 12.2. The fourth-order valence-electron chi connectivity index (χ4n) is 2.81. The number of hydrogen-bond acceptors (Lipinski definition) is 6. The summed E-state index contributed by atoms with van der Waals surface area (Å²) in [4.78, 5) is 25.0. The summed E-state index contributed by atoms with van der Waals surface area (Å²) < 4.78 is 6.64. The van der Waals surface area contributed by atoms with E-state index in [9.17, 15) is 4.79 Å². The third-order valence-electron chi connectivity index (χ3n) is 3.92. The molecule has 0 atom stereocenters. The van der Waals surface area contributed by atoms with Crippen LogP contribution in [0.15, 0.2) is 42.7 Å². The molecule has 0 spiro atoms. The van der Waals surface area contributed by atoms with E-state index < -0.39 is 0 Å². The second-order valence-corrected chi connectivity index (χ2v) is 7.01. The quantitative estimate of drug-likeness (QED) is 0.595. The van der Waals surface area contributed by atoms with Crippen LogP contribution in [0.25, 0.3) is 21.1 Å². The first-order valence-corrected chi connectivity index (χ1v) is 8.92. The molecule has 0 saturated heterocycles. The standard InChI is InChI=1S/C19H16N4O2S/c1-11-7-12(2)17-15(8-11)26-19(23-17)22-16(24)9-25-18-13-5-3-4-6-14(13)20-10-21-18/h3-8,10H,9H2,1-2H3,(H,22,23,24). The number of thiazole rings is 1. The van der Waals surface area contributed by atoms with Gasteiger partial charge in [0, 0.05) is 0 Å². The number of anilines is 1. The van der Waals surface area contributed by atoms with E-state index in [0.29, 0.717) is 11.0 Å². The molecule has 0 aliphatic heterocycles. The zero-order chi connectivity index (χ0) is 18.1. The van der Waals surface area contributed by atoms with Gasteiger partial charge in [-0.3, -0.25) is 10.1 Å². The summed E-state index contributed by atoms with van der Waals surface area (Å²) in [6, 6.07) is 11.7. The molecule has 0 saturated carbocycles. The number of rotatable bonds is 4. The number of benzene rings is 2. The van der Waals surface area contributed by atoms with E-state index in [1.807, 2.05) is 38.1 Å². The SMILES string of the molecule is Cc1cc(C)c2nc(NC(=O)COc3ncnc4ccccc34)sc2c1. The van der Waals surface area contributed by atoms with Crippen molar-refractivity contribution in [3.8, 4) is 5.88 Å². The molecule has 0 radical (unpaired) electrons. The molecule has 0 aliphatic carbocycles. The van der Waals surface area contributed by atoms with Crippen LogP contribution < -0.4 is 10.1 Å². The molecule has 2 aromatic carbocycles. The van der Waals surface area contributed by atoms with Crippen LogP contribution in [0.1, 0.15) is 11.1 Å². The van der Waals surface area contributed by atoms with Crippen molar-refractivity contribution in [3.63, 3.8) is 0 Å². The van der Waals surface area contributed by atoms with Crippen LogP contribution in [-0.2, 0) is 4.79 Å². The summed E-state index contributed by atoms with van der Waals surface area (Å²) in [7, 11) is 0. The van der Waals surface area contributed by atoms with Crippen LogP contribution >= 0.6 is 11.3 Å². The average Bonchev–Trinajstić information content (AvgIpc) is 3.02. The minimum Gasteiger partial charge on any atom is -0.467 e. The Labute approximate surface area is 153 Å². The van der Waals surface area contributed by atoms with E-state index in [1.165, 1.54) is 23.2 Å². The highest BCUT2D eigenvalue weighted by Gasteiger charge is 2.12. The number of fused-ring (bicyclic) bond motifs is 2. The van der Waals surface area contributed by atoms with Crippen molar-refractivity contribution in [2.75, 3.05) is 11.9 Å². The van der Waals surface area contributed by atoms with Crippen molar-refractivity contribution in [2.45, 2.75) is 13.8 Å². The van der Waals surface area contributed by atoms with E-state index >= 15 is 0 Å². The molecule has 0 aliphatic rings.